The molecule has 1 heterocycles. The Labute approximate surface area is 148 Å². The molecule has 0 unspecified atom stereocenters. The lowest BCUT2D eigenvalue weighted by Gasteiger charge is -2.27. The smallest absolute Gasteiger partial charge is 0.142 e. The molecule has 1 aliphatic rings. The number of hydrogen-bond donors (Lipinski definition) is 0. The van der Waals surface area contributed by atoms with E-state index in [-0.39, 0.29) is 5.02 Å². The second kappa shape index (κ2) is 7.94. The van der Waals surface area contributed by atoms with E-state index in [0.717, 1.165) is 23.6 Å². The molecule has 0 N–H and O–H groups in total. The van der Waals surface area contributed by atoms with E-state index in [4.69, 9.17) is 11.6 Å². The number of aromatic nitrogens is 1. The highest BCUT2D eigenvalue weighted by Crippen LogP contribution is 2.36. The van der Waals surface area contributed by atoms with Gasteiger partial charge in [-0.3, -0.25) is 4.98 Å². The first kappa shape index (κ1) is 17.2. The van der Waals surface area contributed by atoms with Crippen molar-refractivity contribution in [3.8, 4) is 11.3 Å². The number of benzene rings is 1. The lowest BCUT2D eigenvalue weighted by Crippen LogP contribution is -2.12. The molecule has 0 bridgehead atoms. The van der Waals surface area contributed by atoms with Gasteiger partial charge < -0.3 is 0 Å². The summed E-state index contributed by atoms with van der Waals surface area (Å²) in [5.74, 6) is 0.934. The maximum Gasteiger partial charge on any atom is 0.142 e. The summed E-state index contributed by atoms with van der Waals surface area (Å²) in [6.45, 7) is 2.18. The van der Waals surface area contributed by atoms with E-state index in [1.165, 1.54) is 37.3 Å². The van der Waals surface area contributed by atoms with Crippen LogP contribution in [0.4, 0.5) is 4.39 Å². The minimum Gasteiger partial charge on any atom is -0.256 e. The summed E-state index contributed by atoms with van der Waals surface area (Å²) in [6, 6.07) is 8.95. The fourth-order valence-electron chi connectivity index (χ4n) is 3.45. The molecule has 1 nitrogen and oxygen atoms in total. The fourth-order valence-corrected chi connectivity index (χ4v) is 3.56. The zero-order valence-corrected chi connectivity index (χ0v) is 14.8. The SMILES string of the molecule is CC/C=C/[C@H]1CC[C@H](c2ccc(-c3ccc(Cl)c(F)c3)nc2)CC1. The standard InChI is InChI=1S/C21H23ClFN/c1-2-3-4-15-5-7-16(8-6-15)18-10-12-21(24-14-18)17-9-11-19(22)20(23)13-17/h3-4,9-16H,2,5-8H2,1H3/b4-3+/t15-,16-. The zero-order chi connectivity index (χ0) is 16.9. The van der Waals surface area contributed by atoms with Crippen LogP contribution in [0.3, 0.4) is 0 Å². The minimum atomic E-state index is -0.404. The van der Waals surface area contributed by atoms with Gasteiger partial charge in [0.1, 0.15) is 5.82 Å². The summed E-state index contributed by atoms with van der Waals surface area (Å²) in [4.78, 5) is 4.54. The highest BCUT2D eigenvalue weighted by Gasteiger charge is 2.21. The van der Waals surface area contributed by atoms with Crippen LogP contribution in [0, 0.1) is 11.7 Å². The second-order valence-electron chi connectivity index (χ2n) is 6.55. The third-order valence-electron chi connectivity index (χ3n) is 4.89. The summed E-state index contributed by atoms with van der Waals surface area (Å²) in [6.07, 6.45) is 12.7. The topological polar surface area (TPSA) is 12.9 Å². The molecule has 24 heavy (non-hydrogen) atoms. The Morgan fingerprint density at radius 2 is 1.96 bits per heavy atom. The molecule has 0 atom stereocenters. The predicted octanol–water partition coefficient (Wildman–Crippen LogP) is 6.78. The van der Waals surface area contributed by atoms with Crippen LogP contribution in [-0.4, -0.2) is 4.98 Å². The zero-order valence-electron chi connectivity index (χ0n) is 14.0. The van der Waals surface area contributed by atoms with Gasteiger partial charge in [0.15, 0.2) is 0 Å². The number of pyridine rings is 1. The van der Waals surface area contributed by atoms with Gasteiger partial charge in [-0.2, -0.15) is 0 Å². The first-order valence-corrected chi connectivity index (χ1v) is 9.13. The van der Waals surface area contributed by atoms with E-state index in [1.807, 2.05) is 12.3 Å². The van der Waals surface area contributed by atoms with Crippen molar-refractivity contribution >= 4 is 11.6 Å². The van der Waals surface area contributed by atoms with Crippen LogP contribution >= 0.6 is 11.6 Å². The summed E-state index contributed by atoms with van der Waals surface area (Å²) in [7, 11) is 0. The Bertz CT molecular complexity index is 700. The predicted molar refractivity (Wildman–Crippen MR) is 98.8 cm³/mol. The Kier molecular flexibility index (Phi) is 5.68. The van der Waals surface area contributed by atoms with Crippen LogP contribution < -0.4 is 0 Å². The molecule has 1 fully saturated rings. The average Bonchev–Trinajstić information content (AvgIpc) is 2.63. The molecule has 0 saturated heterocycles. The van der Waals surface area contributed by atoms with E-state index in [1.54, 1.807) is 12.1 Å². The van der Waals surface area contributed by atoms with E-state index >= 15 is 0 Å². The molecule has 0 spiro atoms. The highest BCUT2D eigenvalue weighted by molar-refractivity contribution is 6.30. The van der Waals surface area contributed by atoms with Gasteiger partial charge in [0.25, 0.3) is 0 Å². The molecule has 3 rings (SSSR count). The van der Waals surface area contributed by atoms with Gasteiger partial charge in [0, 0.05) is 11.8 Å². The van der Waals surface area contributed by atoms with Crippen molar-refractivity contribution in [2.45, 2.75) is 44.9 Å². The van der Waals surface area contributed by atoms with Crippen LogP contribution in [0.25, 0.3) is 11.3 Å². The molecular weight excluding hydrogens is 321 g/mol. The molecule has 126 valence electrons. The van der Waals surface area contributed by atoms with Gasteiger partial charge in [-0.15, -0.1) is 0 Å². The van der Waals surface area contributed by atoms with Crippen LogP contribution in [0.2, 0.25) is 5.02 Å². The molecule has 1 saturated carbocycles. The first-order valence-electron chi connectivity index (χ1n) is 8.75. The molecule has 0 aliphatic heterocycles. The van der Waals surface area contributed by atoms with Gasteiger partial charge in [-0.1, -0.05) is 42.8 Å². The number of halogens is 2. The van der Waals surface area contributed by atoms with Crippen molar-refractivity contribution in [2.24, 2.45) is 5.92 Å². The van der Waals surface area contributed by atoms with Crippen LogP contribution in [0.15, 0.2) is 48.7 Å². The summed E-state index contributed by atoms with van der Waals surface area (Å²) in [5, 5.41) is 0.143. The van der Waals surface area contributed by atoms with Crippen molar-refractivity contribution < 1.29 is 4.39 Å². The van der Waals surface area contributed by atoms with E-state index in [2.05, 4.69) is 30.1 Å². The lowest BCUT2D eigenvalue weighted by atomic mass is 9.79. The summed E-state index contributed by atoms with van der Waals surface area (Å²) in [5.41, 5.74) is 2.84. The summed E-state index contributed by atoms with van der Waals surface area (Å²) >= 11 is 5.74. The number of hydrogen-bond acceptors (Lipinski definition) is 1. The Morgan fingerprint density at radius 1 is 1.17 bits per heavy atom. The third kappa shape index (κ3) is 4.05. The molecule has 0 radical (unpaired) electrons. The van der Waals surface area contributed by atoms with E-state index < -0.39 is 5.82 Å². The Morgan fingerprint density at radius 3 is 2.58 bits per heavy atom. The Balaban J connectivity index is 1.67. The lowest BCUT2D eigenvalue weighted by molar-refractivity contribution is 0.375. The summed E-state index contributed by atoms with van der Waals surface area (Å²) < 4.78 is 13.6. The maximum atomic E-state index is 13.6. The Hall–Kier alpha value is -1.67. The van der Waals surface area contributed by atoms with Crippen molar-refractivity contribution in [1.82, 2.24) is 4.98 Å². The van der Waals surface area contributed by atoms with Gasteiger partial charge in [-0.25, -0.2) is 4.39 Å². The minimum absolute atomic E-state index is 0.143. The van der Waals surface area contributed by atoms with Gasteiger partial charge >= 0.3 is 0 Å². The van der Waals surface area contributed by atoms with Crippen molar-refractivity contribution in [3.63, 3.8) is 0 Å². The molecular formula is C21H23ClFN. The number of nitrogens with zero attached hydrogens (tertiary/aromatic N) is 1. The number of allylic oxidation sites excluding steroid dienone is 2. The van der Waals surface area contributed by atoms with Crippen molar-refractivity contribution in [3.05, 3.63) is 65.1 Å². The molecule has 2 aromatic rings. The van der Waals surface area contributed by atoms with Gasteiger partial charge in [-0.05, 0) is 67.7 Å². The van der Waals surface area contributed by atoms with Crippen LogP contribution in [0.5, 0.6) is 0 Å². The van der Waals surface area contributed by atoms with Gasteiger partial charge in [0.05, 0.1) is 10.7 Å². The highest BCUT2D eigenvalue weighted by atomic mass is 35.5. The van der Waals surface area contributed by atoms with E-state index in [9.17, 15) is 4.39 Å². The molecule has 1 aromatic heterocycles. The van der Waals surface area contributed by atoms with E-state index in [0.29, 0.717) is 5.92 Å². The molecule has 1 aromatic carbocycles. The molecule has 0 amide bonds. The second-order valence-corrected chi connectivity index (χ2v) is 6.96. The van der Waals surface area contributed by atoms with Crippen molar-refractivity contribution in [1.29, 1.82) is 0 Å². The van der Waals surface area contributed by atoms with Crippen LogP contribution in [-0.2, 0) is 0 Å². The largest absolute Gasteiger partial charge is 0.256 e. The van der Waals surface area contributed by atoms with Gasteiger partial charge in [0.2, 0.25) is 0 Å². The molecule has 1 aliphatic carbocycles. The number of rotatable bonds is 4. The normalized spacial score (nSPS) is 21.3. The monoisotopic (exact) mass is 343 g/mol. The average molecular weight is 344 g/mol. The molecule has 3 heteroatoms. The first-order chi connectivity index (χ1) is 11.7. The third-order valence-corrected chi connectivity index (χ3v) is 5.20. The van der Waals surface area contributed by atoms with Crippen LogP contribution in [0.1, 0.15) is 50.5 Å². The fraction of sp³-hybridized carbons (Fsp3) is 0.381. The maximum absolute atomic E-state index is 13.6. The quantitative estimate of drug-likeness (QED) is 0.557. The van der Waals surface area contributed by atoms with Crippen molar-refractivity contribution in [2.75, 3.05) is 0 Å².